The maximum absolute atomic E-state index is 12.0. The van der Waals surface area contributed by atoms with Gasteiger partial charge in [0.25, 0.3) is 0 Å². The molecule has 0 radical (unpaired) electrons. The van der Waals surface area contributed by atoms with Crippen molar-refractivity contribution in [2.75, 3.05) is 13.1 Å². The summed E-state index contributed by atoms with van der Waals surface area (Å²) < 4.78 is 0. The van der Waals surface area contributed by atoms with Crippen LogP contribution in [0, 0.1) is 13.8 Å². The van der Waals surface area contributed by atoms with Gasteiger partial charge < -0.3 is 10.6 Å². The molecule has 1 aromatic heterocycles. The largest absolute Gasteiger partial charge is 0.355 e. The minimum atomic E-state index is -0.0623. The van der Waals surface area contributed by atoms with Crippen LogP contribution < -0.4 is 10.6 Å². The van der Waals surface area contributed by atoms with E-state index in [2.05, 4.69) is 10.6 Å². The molecule has 0 aliphatic rings. The summed E-state index contributed by atoms with van der Waals surface area (Å²) in [5.41, 5.74) is 0.765. The SMILES string of the molecule is CCN[C@H](C)CNC(=O)CCC(=O)c1cc(C)sc1C.Cl. The summed E-state index contributed by atoms with van der Waals surface area (Å²) >= 11 is 1.62. The van der Waals surface area contributed by atoms with Crippen LogP contribution in [0.4, 0.5) is 0 Å². The molecule has 0 unspecified atom stereocenters. The lowest BCUT2D eigenvalue weighted by molar-refractivity contribution is -0.121. The van der Waals surface area contributed by atoms with Gasteiger partial charge in [0.2, 0.25) is 5.91 Å². The number of carbonyl (C=O) groups is 2. The number of rotatable bonds is 8. The summed E-state index contributed by atoms with van der Waals surface area (Å²) in [5, 5.41) is 6.06. The maximum Gasteiger partial charge on any atom is 0.220 e. The van der Waals surface area contributed by atoms with Gasteiger partial charge in [-0.2, -0.15) is 0 Å². The molecular formula is C15H25ClN2O2S. The van der Waals surface area contributed by atoms with Gasteiger partial charge in [0, 0.05) is 40.7 Å². The van der Waals surface area contributed by atoms with Crippen molar-refractivity contribution in [2.24, 2.45) is 0 Å². The fraction of sp³-hybridized carbons (Fsp3) is 0.600. The van der Waals surface area contributed by atoms with E-state index in [1.807, 2.05) is 33.8 Å². The lowest BCUT2D eigenvalue weighted by atomic mass is 10.1. The Hall–Kier alpha value is -0.910. The molecule has 21 heavy (non-hydrogen) atoms. The van der Waals surface area contributed by atoms with Crippen LogP contribution in [-0.2, 0) is 4.79 Å². The molecule has 0 saturated heterocycles. The molecule has 0 fully saturated rings. The van der Waals surface area contributed by atoms with Crippen LogP contribution in [0.5, 0.6) is 0 Å². The average molecular weight is 333 g/mol. The molecule has 2 N–H and O–H groups in total. The number of thiophene rings is 1. The average Bonchev–Trinajstić information content (AvgIpc) is 2.73. The fourth-order valence-corrected chi connectivity index (χ4v) is 2.99. The van der Waals surface area contributed by atoms with Crippen molar-refractivity contribution >= 4 is 35.4 Å². The quantitative estimate of drug-likeness (QED) is 0.720. The zero-order valence-corrected chi connectivity index (χ0v) is 14.7. The Morgan fingerprint density at radius 3 is 2.48 bits per heavy atom. The van der Waals surface area contributed by atoms with Gasteiger partial charge in [-0.1, -0.05) is 6.92 Å². The van der Waals surface area contributed by atoms with Crippen LogP contribution in [-0.4, -0.2) is 30.8 Å². The molecule has 1 aromatic rings. The second-order valence-corrected chi connectivity index (χ2v) is 6.47. The Kier molecular flexibility index (Phi) is 9.49. The molecule has 0 aliphatic carbocycles. The predicted octanol–water partition coefficient (Wildman–Crippen LogP) is 2.86. The Balaban J connectivity index is 0.00000400. The van der Waals surface area contributed by atoms with E-state index < -0.39 is 0 Å². The van der Waals surface area contributed by atoms with Crippen LogP contribution in [0.25, 0.3) is 0 Å². The van der Waals surface area contributed by atoms with Gasteiger partial charge >= 0.3 is 0 Å². The minimum Gasteiger partial charge on any atom is -0.355 e. The van der Waals surface area contributed by atoms with Gasteiger partial charge in [-0.3, -0.25) is 9.59 Å². The van der Waals surface area contributed by atoms with E-state index in [0.29, 0.717) is 6.54 Å². The highest BCUT2D eigenvalue weighted by atomic mass is 35.5. The van der Waals surface area contributed by atoms with E-state index in [-0.39, 0.29) is 43.0 Å². The van der Waals surface area contributed by atoms with E-state index in [1.54, 1.807) is 11.3 Å². The monoisotopic (exact) mass is 332 g/mol. The van der Waals surface area contributed by atoms with Crippen LogP contribution in [0.15, 0.2) is 6.07 Å². The second kappa shape index (κ2) is 9.92. The number of Topliss-reactive ketones (excluding diaryl/α,β-unsaturated/α-hetero) is 1. The summed E-state index contributed by atoms with van der Waals surface area (Å²) in [6.07, 6.45) is 0.532. The van der Waals surface area contributed by atoms with E-state index in [0.717, 1.165) is 21.9 Å². The van der Waals surface area contributed by atoms with Crippen molar-refractivity contribution in [1.29, 1.82) is 0 Å². The molecule has 1 heterocycles. The third-order valence-electron chi connectivity index (χ3n) is 3.08. The lowest BCUT2D eigenvalue weighted by Gasteiger charge is -2.12. The molecule has 0 bridgehead atoms. The first-order valence-electron chi connectivity index (χ1n) is 7.04. The van der Waals surface area contributed by atoms with Gasteiger partial charge in [0.1, 0.15) is 0 Å². The molecule has 1 atom stereocenters. The predicted molar refractivity (Wildman–Crippen MR) is 90.8 cm³/mol. The van der Waals surface area contributed by atoms with Crippen LogP contribution in [0.2, 0.25) is 0 Å². The van der Waals surface area contributed by atoms with E-state index in [9.17, 15) is 9.59 Å². The van der Waals surface area contributed by atoms with Gasteiger partial charge in [-0.15, -0.1) is 23.7 Å². The molecule has 0 spiro atoms. The number of carbonyl (C=O) groups excluding carboxylic acids is 2. The van der Waals surface area contributed by atoms with Gasteiger partial charge in [-0.25, -0.2) is 0 Å². The number of hydrogen-bond acceptors (Lipinski definition) is 4. The smallest absolute Gasteiger partial charge is 0.220 e. The summed E-state index contributed by atoms with van der Waals surface area (Å²) in [5.74, 6) is -0.00515. The van der Waals surface area contributed by atoms with E-state index >= 15 is 0 Å². The van der Waals surface area contributed by atoms with Crippen molar-refractivity contribution < 1.29 is 9.59 Å². The van der Waals surface area contributed by atoms with Crippen LogP contribution in [0.3, 0.4) is 0 Å². The standard InChI is InChI=1S/C15H24N2O2S.ClH/c1-5-16-10(2)9-17-15(19)7-6-14(18)13-8-11(3)20-12(13)4;/h8,10,16H,5-7,9H2,1-4H3,(H,17,19);1H/t10-;/m1./s1. The van der Waals surface area contributed by atoms with Crippen molar-refractivity contribution in [3.8, 4) is 0 Å². The zero-order valence-electron chi connectivity index (χ0n) is 13.1. The molecule has 120 valence electrons. The molecule has 4 nitrogen and oxygen atoms in total. The Bertz CT molecular complexity index is 474. The zero-order chi connectivity index (χ0) is 15.1. The Labute approximate surface area is 137 Å². The first-order valence-corrected chi connectivity index (χ1v) is 7.86. The topological polar surface area (TPSA) is 58.2 Å². The highest BCUT2D eigenvalue weighted by Gasteiger charge is 2.13. The number of aryl methyl sites for hydroxylation is 2. The third kappa shape index (κ3) is 7.07. The number of halogens is 1. The van der Waals surface area contributed by atoms with Crippen molar-refractivity contribution in [1.82, 2.24) is 10.6 Å². The Morgan fingerprint density at radius 2 is 1.95 bits per heavy atom. The molecule has 1 rings (SSSR count). The third-order valence-corrected chi connectivity index (χ3v) is 4.04. The number of likely N-dealkylation sites (N-methyl/N-ethyl adjacent to an activating group) is 1. The van der Waals surface area contributed by atoms with Gasteiger partial charge in [0.05, 0.1) is 0 Å². The summed E-state index contributed by atoms with van der Waals surface area (Å²) in [4.78, 5) is 25.9. The summed E-state index contributed by atoms with van der Waals surface area (Å²) in [6.45, 7) is 9.46. The summed E-state index contributed by atoms with van der Waals surface area (Å²) in [7, 11) is 0. The lowest BCUT2D eigenvalue weighted by Crippen LogP contribution is -2.38. The second-order valence-electron chi connectivity index (χ2n) is 5.01. The van der Waals surface area contributed by atoms with Crippen molar-refractivity contribution in [3.63, 3.8) is 0 Å². The molecule has 6 heteroatoms. The van der Waals surface area contributed by atoms with Gasteiger partial charge in [0.15, 0.2) is 5.78 Å². The number of nitrogens with one attached hydrogen (secondary N) is 2. The van der Waals surface area contributed by atoms with Gasteiger partial charge in [-0.05, 0) is 33.4 Å². The Morgan fingerprint density at radius 1 is 1.29 bits per heavy atom. The molecule has 0 aliphatic heterocycles. The fourth-order valence-electron chi connectivity index (χ4n) is 2.05. The molecule has 0 aromatic carbocycles. The van der Waals surface area contributed by atoms with E-state index in [4.69, 9.17) is 0 Å². The molecular weight excluding hydrogens is 308 g/mol. The molecule has 1 amide bonds. The van der Waals surface area contributed by atoms with Crippen molar-refractivity contribution in [3.05, 3.63) is 21.4 Å². The first kappa shape index (κ1) is 20.1. The summed E-state index contributed by atoms with van der Waals surface area (Å²) in [6, 6.07) is 2.16. The van der Waals surface area contributed by atoms with E-state index in [1.165, 1.54) is 0 Å². The normalized spacial score (nSPS) is 11.6. The first-order chi connectivity index (χ1) is 9.43. The van der Waals surface area contributed by atoms with Crippen LogP contribution >= 0.6 is 23.7 Å². The van der Waals surface area contributed by atoms with Crippen LogP contribution in [0.1, 0.15) is 46.8 Å². The maximum atomic E-state index is 12.0. The number of hydrogen-bond donors (Lipinski definition) is 2. The minimum absolute atomic E-state index is 0. The molecule has 0 saturated carbocycles. The number of ketones is 1. The highest BCUT2D eigenvalue weighted by molar-refractivity contribution is 7.12. The highest BCUT2D eigenvalue weighted by Crippen LogP contribution is 2.22. The number of amides is 1. The van der Waals surface area contributed by atoms with Crippen molar-refractivity contribution in [2.45, 2.75) is 46.6 Å².